The van der Waals surface area contributed by atoms with E-state index in [4.69, 9.17) is 36.1 Å². The molecule has 0 amide bonds. The minimum atomic E-state index is -0.536. The molecule has 0 spiro atoms. The normalized spacial score (nSPS) is 18.4. The molecule has 2 fully saturated rings. The maximum Gasteiger partial charge on any atom is 0.497 e. The van der Waals surface area contributed by atoms with Crippen LogP contribution in [0.3, 0.4) is 0 Å². The topological polar surface area (TPSA) is 88.5 Å². The number of nitrogens with zero attached hydrogens (tertiary/aromatic N) is 4. The molecule has 3 aromatic carbocycles. The Morgan fingerprint density at radius 1 is 0.310 bits per heavy atom. The van der Waals surface area contributed by atoms with Crippen LogP contribution in [0.4, 0.5) is 0 Å². The summed E-state index contributed by atoms with van der Waals surface area (Å²) in [5.74, 6) is 0. The van der Waals surface area contributed by atoms with Crippen molar-refractivity contribution >= 4 is 70.7 Å². The summed E-state index contributed by atoms with van der Waals surface area (Å²) in [5.41, 5.74) is 14.9. The zero-order chi connectivity index (χ0) is 59.6. The van der Waals surface area contributed by atoms with Gasteiger partial charge in [-0.05, 0) is 127 Å². The van der Waals surface area contributed by atoms with E-state index < -0.39 is 36.6 Å². The standard InChI is InChI=1S/C72H112B2N4O4S2/c1-13-17-21-25-29-33-37-41-45-71(46-42-38-34-30-26-22-18-14-2)55-49-54-56(50-53(55)61-57(71)51-59(63-65(61)77-83-75-63)73-79-67(5,6)68(7,8)80-73)72(47-43-39-35-31-27-23-19-15-3,48-44-40-36-32-28-24-20-16-4)58-52-60(64-66(62(54)58)78-84-76-64)74-81-69(9,10)70(11,12)82-74/h49-52H,13-48H2,1-12H3. The molecule has 2 aromatic heterocycles. The first kappa shape index (κ1) is 65.7. The van der Waals surface area contributed by atoms with Gasteiger partial charge in [-0.25, -0.2) is 0 Å². The van der Waals surface area contributed by atoms with Crippen molar-refractivity contribution in [2.75, 3.05) is 0 Å². The predicted molar refractivity (Wildman–Crippen MR) is 361 cm³/mol. The van der Waals surface area contributed by atoms with Gasteiger partial charge in [-0.1, -0.05) is 245 Å². The van der Waals surface area contributed by atoms with Crippen molar-refractivity contribution in [1.29, 1.82) is 0 Å². The second-order valence-electron chi connectivity index (χ2n) is 28.9. The molecule has 12 heteroatoms. The van der Waals surface area contributed by atoms with E-state index in [1.54, 1.807) is 0 Å². The first-order valence-electron chi connectivity index (χ1n) is 35.0. The van der Waals surface area contributed by atoms with Crippen molar-refractivity contribution in [1.82, 2.24) is 17.5 Å². The predicted octanol–water partition coefficient (Wildman–Crippen LogP) is 21.0. The zero-order valence-electron chi connectivity index (χ0n) is 55.2. The summed E-state index contributed by atoms with van der Waals surface area (Å²) >= 11 is 2.71. The van der Waals surface area contributed by atoms with E-state index >= 15 is 0 Å². The number of hydrogen-bond donors (Lipinski definition) is 0. The van der Waals surface area contributed by atoms with Gasteiger partial charge in [0, 0.05) is 32.9 Å². The molecule has 2 aliphatic carbocycles. The summed E-state index contributed by atoms with van der Waals surface area (Å²) in [6.45, 7) is 26.8. The van der Waals surface area contributed by atoms with Crippen LogP contribution in [0.2, 0.25) is 0 Å². The minimum Gasteiger partial charge on any atom is -0.399 e. The van der Waals surface area contributed by atoms with Crippen LogP contribution >= 0.6 is 23.5 Å². The van der Waals surface area contributed by atoms with Crippen LogP contribution in [-0.4, -0.2) is 54.1 Å². The highest BCUT2D eigenvalue weighted by atomic mass is 32.1. The van der Waals surface area contributed by atoms with Crippen LogP contribution in [0, 0.1) is 0 Å². The number of unbranched alkanes of at least 4 members (excludes halogenated alkanes) is 28. The molecule has 5 aromatic rings. The monoisotopic (exact) mass is 1180 g/mol. The van der Waals surface area contributed by atoms with E-state index in [9.17, 15) is 0 Å². The van der Waals surface area contributed by atoms with E-state index in [-0.39, 0.29) is 10.8 Å². The van der Waals surface area contributed by atoms with Gasteiger partial charge in [-0.3, -0.25) is 0 Å². The third-order valence-electron chi connectivity index (χ3n) is 21.7. The van der Waals surface area contributed by atoms with Gasteiger partial charge < -0.3 is 18.6 Å². The van der Waals surface area contributed by atoms with Crippen LogP contribution in [0.1, 0.15) is 336 Å². The second-order valence-corrected chi connectivity index (χ2v) is 29.9. The Labute approximate surface area is 520 Å². The van der Waals surface area contributed by atoms with Gasteiger partial charge in [0.1, 0.15) is 22.1 Å². The SMILES string of the molecule is CCCCCCCCCCC1(CCCCCCCCCC)c2cc3c(cc2-c2c1cc(B1OC(C)(C)C(C)(C)O1)c1nsnc21)C(CCCCCCCCCC)(CCCCCCCCCC)c1cc(B2OC(C)(C)C(C)(C)O2)c2nsnc2c1-3. The molecule has 0 bridgehead atoms. The third-order valence-corrected chi connectivity index (χ3v) is 22.8. The summed E-state index contributed by atoms with van der Waals surface area (Å²) < 4.78 is 49.3. The first-order valence-corrected chi connectivity index (χ1v) is 36.5. The zero-order valence-corrected chi connectivity index (χ0v) is 56.8. The van der Waals surface area contributed by atoms with Crippen LogP contribution in [0.25, 0.3) is 44.3 Å². The van der Waals surface area contributed by atoms with Gasteiger partial charge in [0.05, 0.1) is 45.9 Å². The van der Waals surface area contributed by atoms with Crippen molar-refractivity contribution in [2.24, 2.45) is 0 Å². The van der Waals surface area contributed by atoms with Crippen molar-refractivity contribution in [3.8, 4) is 22.3 Å². The first-order chi connectivity index (χ1) is 40.5. The molecule has 0 N–H and O–H groups in total. The van der Waals surface area contributed by atoms with Crippen molar-refractivity contribution in [3.05, 3.63) is 46.5 Å². The number of hydrogen-bond acceptors (Lipinski definition) is 10. The quantitative estimate of drug-likeness (QED) is 0.0285. The average Bonchev–Trinajstić information content (AvgIpc) is 2.66. The maximum absolute atomic E-state index is 7.02. The molecule has 0 radical (unpaired) electrons. The summed E-state index contributed by atoms with van der Waals surface area (Å²) in [6.07, 6.45) is 46.0. The van der Waals surface area contributed by atoms with E-state index in [0.29, 0.717) is 0 Å². The molecule has 9 rings (SSSR count). The van der Waals surface area contributed by atoms with E-state index in [1.807, 2.05) is 0 Å². The fourth-order valence-electron chi connectivity index (χ4n) is 15.2. The van der Waals surface area contributed by atoms with E-state index in [1.165, 1.54) is 273 Å². The highest BCUT2D eigenvalue weighted by Crippen LogP contribution is 2.63. The number of fused-ring (bicyclic) bond motifs is 10. The van der Waals surface area contributed by atoms with E-state index in [2.05, 4.69) is 107 Å². The Morgan fingerprint density at radius 2 is 0.548 bits per heavy atom. The molecule has 4 aliphatic rings. The van der Waals surface area contributed by atoms with Gasteiger partial charge >= 0.3 is 14.2 Å². The summed E-state index contributed by atoms with van der Waals surface area (Å²) in [5, 5.41) is 0. The Kier molecular flexibility index (Phi) is 22.9. The molecule has 462 valence electrons. The van der Waals surface area contributed by atoms with E-state index in [0.717, 1.165) is 58.7 Å². The molecule has 2 saturated heterocycles. The third kappa shape index (κ3) is 13.8. The van der Waals surface area contributed by atoms with Gasteiger partial charge in [0.2, 0.25) is 0 Å². The van der Waals surface area contributed by atoms with Crippen LogP contribution < -0.4 is 10.9 Å². The minimum absolute atomic E-state index is 0.233. The van der Waals surface area contributed by atoms with Crippen LogP contribution in [0.15, 0.2) is 24.3 Å². The largest absolute Gasteiger partial charge is 0.497 e. The van der Waals surface area contributed by atoms with Gasteiger partial charge in [-0.2, -0.15) is 17.5 Å². The van der Waals surface area contributed by atoms with Crippen molar-refractivity contribution < 1.29 is 18.6 Å². The van der Waals surface area contributed by atoms with Gasteiger partial charge in [-0.15, -0.1) is 0 Å². The Morgan fingerprint density at radius 3 is 0.810 bits per heavy atom. The second kappa shape index (κ2) is 29.3. The Bertz CT molecular complexity index is 2640. The molecular formula is C72H112B2N4O4S2. The van der Waals surface area contributed by atoms with Gasteiger partial charge in [0.15, 0.2) is 0 Å². The molecule has 0 saturated carbocycles. The smallest absolute Gasteiger partial charge is 0.399 e. The molecule has 8 nitrogen and oxygen atoms in total. The lowest BCUT2D eigenvalue weighted by molar-refractivity contribution is 0.00578. The Balaban J connectivity index is 1.24. The molecule has 0 atom stereocenters. The van der Waals surface area contributed by atoms with Crippen LogP contribution in [-0.2, 0) is 29.4 Å². The fourth-order valence-corrected chi connectivity index (χ4v) is 16.3. The molecule has 4 heterocycles. The summed E-state index contributed by atoms with van der Waals surface area (Å²) in [4.78, 5) is 0. The maximum atomic E-state index is 7.02. The number of benzene rings is 3. The van der Waals surface area contributed by atoms with Crippen molar-refractivity contribution in [3.63, 3.8) is 0 Å². The lowest BCUT2D eigenvalue weighted by Gasteiger charge is -2.35. The Hall–Kier alpha value is -2.73. The lowest BCUT2D eigenvalue weighted by atomic mass is 9.67. The van der Waals surface area contributed by atoms with Crippen LogP contribution in [0.5, 0.6) is 0 Å². The fraction of sp³-hybridized carbons (Fsp3) is 0.750. The highest BCUT2D eigenvalue weighted by molar-refractivity contribution is 7.00. The molecule has 0 unspecified atom stereocenters. The highest BCUT2D eigenvalue weighted by Gasteiger charge is 2.56. The van der Waals surface area contributed by atoms with Crippen molar-refractivity contribution in [2.45, 2.75) is 347 Å². The molecule has 84 heavy (non-hydrogen) atoms. The van der Waals surface area contributed by atoms with Gasteiger partial charge in [0.25, 0.3) is 0 Å². The number of rotatable bonds is 38. The average molecular weight is 1180 g/mol. The lowest BCUT2D eigenvalue weighted by Crippen LogP contribution is -2.41. The molecular weight excluding hydrogens is 1070 g/mol. The summed E-state index contributed by atoms with van der Waals surface area (Å²) in [7, 11) is -1.07. The summed E-state index contributed by atoms with van der Waals surface area (Å²) in [6, 6.07) is 10.6. The molecule has 2 aliphatic heterocycles. The number of aromatic nitrogens is 4.